The highest BCUT2D eigenvalue weighted by Gasteiger charge is 2.27. The average Bonchev–Trinajstić information content (AvgIpc) is 2.99. The van der Waals surface area contributed by atoms with E-state index >= 15 is 0 Å². The molecular formula is C24H29ClO. The van der Waals surface area contributed by atoms with Gasteiger partial charge in [0.05, 0.1) is 5.38 Å². The first-order chi connectivity index (χ1) is 12.6. The van der Waals surface area contributed by atoms with Gasteiger partial charge in [0.2, 0.25) is 0 Å². The molecule has 0 spiro atoms. The molecule has 0 bridgehead atoms. The third-order valence-electron chi connectivity index (χ3n) is 5.38. The van der Waals surface area contributed by atoms with Gasteiger partial charge in [-0.1, -0.05) is 66.8 Å². The maximum absolute atomic E-state index is 6.71. The highest BCUT2D eigenvalue weighted by atomic mass is 35.5. The highest BCUT2D eigenvalue weighted by molar-refractivity contribution is 6.21. The zero-order valence-electron chi connectivity index (χ0n) is 16.1. The van der Waals surface area contributed by atoms with Gasteiger partial charge in [0, 0.05) is 5.39 Å². The van der Waals surface area contributed by atoms with Crippen LogP contribution >= 0.6 is 11.6 Å². The molecular weight excluding hydrogens is 340 g/mol. The predicted octanol–water partition coefficient (Wildman–Crippen LogP) is 7.90. The second kappa shape index (κ2) is 8.77. The number of furan rings is 1. The molecule has 0 amide bonds. The van der Waals surface area contributed by atoms with Crippen molar-refractivity contribution in [3.05, 3.63) is 71.0 Å². The Labute approximate surface area is 162 Å². The molecule has 0 N–H and O–H groups in total. The van der Waals surface area contributed by atoms with E-state index in [1.54, 1.807) is 0 Å². The molecule has 1 aliphatic rings. The SMILES string of the molecule is Cc1ccc2oc(C(Cl)C3CCCCC3)c(C)c2c1.Cc1ccccc1. The van der Waals surface area contributed by atoms with Crippen molar-refractivity contribution in [3.8, 4) is 0 Å². The first-order valence-electron chi connectivity index (χ1n) is 9.71. The molecule has 26 heavy (non-hydrogen) atoms. The van der Waals surface area contributed by atoms with Crippen molar-refractivity contribution >= 4 is 22.6 Å². The minimum atomic E-state index is 0.0352. The fraction of sp³-hybridized carbons (Fsp3) is 0.417. The van der Waals surface area contributed by atoms with Gasteiger partial charge in [0.25, 0.3) is 0 Å². The summed E-state index contributed by atoms with van der Waals surface area (Å²) in [5.41, 5.74) is 4.79. The molecule has 1 nitrogen and oxygen atoms in total. The summed E-state index contributed by atoms with van der Waals surface area (Å²) in [5, 5.41) is 1.25. The second-order valence-electron chi connectivity index (χ2n) is 7.55. The summed E-state index contributed by atoms with van der Waals surface area (Å²) < 4.78 is 6.04. The van der Waals surface area contributed by atoms with E-state index in [2.05, 4.69) is 51.1 Å². The van der Waals surface area contributed by atoms with E-state index in [9.17, 15) is 0 Å². The van der Waals surface area contributed by atoms with Gasteiger partial charge in [-0.3, -0.25) is 0 Å². The van der Waals surface area contributed by atoms with Gasteiger partial charge in [0.15, 0.2) is 0 Å². The van der Waals surface area contributed by atoms with Crippen LogP contribution in [0.3, 0.4) is 0 Å². The molecule has 2 aromatic carbocycles. The summed E-state index contributed by atoms with van der Waals surface area (Å²) in [6, 6.07) is 16.6. The molecule has 1 aromatic heterocycles. The lowest BCUT2D eigenvalue weighted by Crippen LogP contribution is -2.12. The van der Waals surface area contributed by atoms with Crippen LogP contribution in [0.1, 0.15) is 59.9 Å². The quantitative estimate of drug-likeness (QED) is 0.419. The van der Waals surface area contributed by atoms with Crippen LogP contribution in [0.4, 0.5) is 0 Å². The first kappa shape index (κ1) is 19.0. The smallest absolute Gasteiger partial charge is 0.134 e. The monoisotopic (exact) mass is 368 g/mol. The topological polar surface area (TPSA) is 13.1 Å². The minimum Gasteiger partial charge on any atom is -0.459 e. The van der Waals surface area contributed by atoms with E-state index in [4.69, 9.17) is 16.0 Å². The molecule has 1 fully saturated rings. The molecule has 1 heterocycles. The van der Waals surface area contributed by atoms with Crippen molar-refractivity contribution in [1.82, 2.24) is 0 Å². The van der Waals surface area contributed by atoms with Crippen molar-refractivity contribution in [2.45, 2.75) is 58.3 Å². The van der Waals surface area contributed by atoms with Crippen molar-refractivity contribution in [1.29, 1.82) is 0 Å². The number of hydrogen-bond acceptors (Lipinski definition) is 1. The van der Waals surface area contributed by atoms with E-state index in [1.165, 1.54) is 54.2 Å². The van der Waals surface area contributed by atoms with Crippen LogP contribution in [-0.4, -0.2) is 0 Å². The summed E-state index contributed by atoms with van der Waals surface area (Å²) in [6.45, 7) is 6.34. The number of alkyl halides is 1. The van der Waals surface area contributed by atoms with E-state index in [-0.39, 0.29) is 5.38 Å². The second-order valence-corrected chi connectivity index (χ2v) is 8.02. The van der Waals surface area contributed by atoms with Gasteiger partial charge in [-0.15, -0.1) is 11.6 Å². The fourth-order valence-corrected chi connectivity index (χ4v) is 4.25. The Balaban J connectivity index is 0.000000236. The molecule has 1 atom stereocenters. The van der Waals surface area contributed by atoms with Crippen molar-refractivity contribution in [2.24, 2.45) is 5.92 Å². The number of benzene rings is 2. The van der Waals surface area contributed by atoms with Gasteiger partial charge in [0.1, 0.15) is 11.3 Å². The molecule has 0 radical (unpaired) electrons. The van der Waals surface area contributed by atoms with Crippen LogP contribution in [0.15, 0.2) is 52.9 Å². The van der Waals surface area contributed by atoms with E-state index in [0.717, 1.165) is 11.3 Å². The van der Waals surface area contributed by atoms with E-state index < -0.39 is 0 Å². The number of hydrogen-bond donors (Lipinski definition) is 0. The van der Waals surface area contributed by atoms with Gasteiger partial charge in [-0.2, -0.15) is 0 Å². The van der Waals surface area contributed by atoms with Gasteiger partial charge in [-0.25, -0.2) is 0 Å². The summed E-state index contributed by atoms with van der Waals surface area (Å²) >= 11 is 6.71. The highest BCUT2D eigenvalue weighted by Crippen LogP contribution is 2.42. The van der Waals surface area contributed by atoms with Gasteiger partial charge >= 0.3 is 0 Å². The molecule has 4 rings (SSSR count). The Morgan fingerprint density at radius 1 is 0.885 bits per heavy atom. The molecule has 1 aliphatic carbocycles. The largest absolute Gasteiger partial charge is 0.459 e. The van der Waals surface area contributed by atoms with E-state index in [1.807, 2.05) is 18.2 Å². The Kier molecular flexibility index (Phi) is 6.43. The Morgan fingerprint density at radius 2 is 1.58 bits per heavy atom. The number of halogens is 1. The van der Waals surface area contributed by atoms with Crippen LogP contribution in [0.2, 0.25) is 0 Å². The van der Waals surface area contributed by atoms with Crippen LogP contribution < -0.4 is 0 Å². The summed E-state index contributed by atoms with van der Waals surface area (Å²) in [5.74, 6) is 1.57. The Bertz CT molecular complexity index is 828. The summed E-state index contributed by atoms with van der Waals surface area (Å²) in [7, 11) is 0. The maximum atomic E-state index is 6.71. The third-order valence-corrected chi connectivity index (χ3v) is 5.94. The van der Waals surface area contributed by atoms with Crippen LogP contribution in [-0.2, 0) is 0 Å². The molecule has 1 saturated carbocycles. The molecule has 1 unspecified atom stereocenters. The van der Waals surface area contributed by atoms with Crippen LogP contribution in [0, 0.1) is 26.7 Å². The lowest BCUT2D eigenvalue weighted by atomic mass is 9.85. The Morgan fingerprint density at radius 3 is 2.19 bits per heavy atom. The zero-order valence-corrected chi connectivity index (χ0v) is 16.9. The zero-order chi connectivity index (χ0) is 18.5. The van der Waals surface area contributed by atoms with Gasteiger partial charge < -0.3 is 4.42 Å². The van der Waals surface area contributed by atoms with E-state index in [0.29, 0.717) is 5.92 Å². The third kappa shape index (κ3) is 4.51. The van der Waals surface area contributed by atoms with Crippen molar-refractivity contribution in [3.63, 3.8) is 0 Å². The maximum Gasteiger partial charge on any atom is 0.134 e. The van der Waals surface area contributed by atoms with Crippen molar-refractivity contribution in [2.75, 3.05) is 0 Å². The standard InChI is InChI=1S/C17H21ClO.C7H8/c1-11-8-9-15-14(10-11)12(2)17(19-15)16(18)13-6-4-3-5-7-13;1-7-5-3-2-4-6-7/h8-10,13,16H,3-7H2,1-2H3;2-6H,1H3. The Hall–Kier alpha value is -1.73. The van der Waals surface area contributed by atoms with Crippen LogP contribution in [0.5, 0.6) is 0 Å². The molecule has 3 aromatic rings. The minimum absolute atomic E-state index is 0.0352. The summed E-state index contributed by atoms with van der Waals surface area (Å²) in [6.07, 6.45) is 6.46. The average molecular weight is 369 g/mol. The van der Waals surface area contributed by atoms with Gasteiger partial charge in [-0.05, 0) is 57.2 Å². The molecule has 138 valence electrons. The van der Waals surface area contributed by atoms with Crippen molar-refractivity contribution < 1.29 is 4.42 Å². The predicted molar refractivity (Wildman–Crippen MR) is 112 cm³/mol. The van der Waals surface area contributed by atoms with Crippen LogP contribution in [0.25, 0.3) is 11.0 Å². The fourth-order valence-electron chi connectivity index (χ4n) is 3.79. The summed E-state index contributed by atoms with van der Waals surface area (Å²) in [4.78, 5) is 0. The number of fused-ring (bicyclic) bond motifs is 1. The molecule has 0 aliphatic heterocycles. The normalized spacial score (nSPS) is 16.2. The molecule has 0 saturated heterocycles. The number of aryl methyl sites for hydroxylation is 3. The lowest BCUT2D eigenvalue weighted by molar-refractivity contribution is 0.327. The molecule has 2 heteroatoms. The first-order valence-corrected chi connectivity index (χ1v) is 10.2. The number of rotatable bonds is 2. The lowest BCUT2D eigenvalue weighted by Gasteiger charge is -2.25.